The highest BCUT2D eigenvalue weighted by Crippen LogP contribution is 2.46. The molecule has 1 aliphatic rings. The quantitative estimate of drug-likeness (QED) is 0.763. The Bertz CT molecular complexity index is 455. The SMILES string of the molecule is CCCNC(c1ccc(Cl)c(OC)c1)C1(C)CCCCC1. The molecule has 0 amide bonds. The van der Waals surface area contributed by atoms with Gasteiger partial charge in [0.2, 0.25) is 0 Å². The Morgan fingerprint density at radius 2 is 2.00 bits per heavy atom. The lowest BCUT2D eigenvalue weighted by atomic mass is 9.68. The van der Waals surface area contributed by atoms with Gasteiger partial charge in [0.25, 0.3) is 0 Å². The molecular formula is C18H28ClNO. The third kappa shape index (κ3) is 3.92. The van der Waals surface area contributed by atoms with Gasteiger partial charge in [-0.15, -0.1) is 0 Å². The minimum absolute atomic E-state index is 0.326. The number of rotatable bonds is 6. The first-order valence-electron chi connectivity index (χ1n) is 8.17. The zero-order valence-corrected chi connectivity index (χ0v) is 14.3. The molecule has 0 aliphatic heterocycles. The van der Waals surface area contributed by atoms with Gasteiger partial charge >= 0.3 is 0 Å². The summed E-state index contributed by atoms with van der Waals surface area (Å²) in [7, 11) is 1.68. The predicted octanol–water partition coefficient (Wildman–Crippen LogP) is 5.36. The molecule has 0 saturated heterocycles. The second kappa shape index (κ2) is 7.51. The minimum Gasteiger partial charge on any atom is -0.495 e. The van der Waals surface area contributed by atoms with Crippen molar-refractivity contribution >= 4 is 11.6 Å². The van der Waals surface area contributed by atoms with Gasteiger partial charge in [0.15, 0.2) is 0 Å². The Morgan fingerprint density at radius 3 is 2.62 bits per heavy atom. The average Bonchev–Trinajstić information content (AvgIpc) is 2.49. The summed E-state index contributed by atoms with van der Waals surface area (Å²) in [6.07, 6.45) is 7.78. The lowest BCUT2D eigenvalue weighted by Gasteiger charge is -2.42. The molecule has 118 valence electrons. The fraction of sp³-hybridized carbons (Fsp3) is 0.667. The van der Waals surface area contributed by atoms with E-state index in [-0.39, 0.29) is 0 Å². The fourth-order valence-electron chi connectivity index (χ4n) is 3.56. The summed E-state index contributed by atoms with van der Waals surface area (Å²) in [6, 6.07) is 6.60. The molecule has 1 aromatic carbocycles. The number of halogens is 1. The molecule has 2 rings (SSSR count). The monoisotopic (exact) mass is 309 g/mol. The molecule has 0 spiro atoms. The van der Waals surface area contributed by atoms with Crippen LogP contribution in [0.3, 0.4) is 0 Å². The van der Waals surface area contributed by atoms with Crippen LogP contribution in [0.5, 0.6) is 5.75 Å². The highest BCUT2D eigenvalue weighted by molar-refractivity contribution is 6.32. The molecule has 1 saturated carbocycles. The molecule has 0 aromatic heterocycles. The third-order valence-electron chi connectivity index (χ3n) is 4.80. The van der Waals surface area contributed by atoms with Crippen molar-refractivity contribution in [3.8, 4) is 5.75 Å². The Labute approximate surface area is 134 Å². The van der Waals surface area contributed by atoms with E-state index >= 15 is 0 Å². The second-order valence-corrected chi connectivity index (χ2v) is 6.90. The summed E-state index contributed by atoms with van der Waals surface area (Å²) in [5.41, 5.74) is 1.63. The van der Waals surface area contributed by atoms with Gasteiger partial charge in [-0.2, -0.15) is 0 Å². The summed E-state index contributed by atoms with van der Waals surface area (Å²) in [5.74, 6) is 0.775. The van der Waals surface area contributed by atoms with E-state index in [1.165, 1.54) is 37.7 Å². The molecule has 1 unspecified atom stereocenters. The number of benzene rings is 1. The van der Waals surface area contributed by atoms with E-state index in [0.29, 0.717) is 16.5 Å². The van der Waals surface area contributed by atoms with Crippen LogP contribution >= 0.6 is 11.6 Å². The molecule has 1 aromatic rings. The lowest BCUT2D eigenvalue weighted by Crippen LogP contribution is -2.38. The van der Waals surface area contributed by atoms with Crippen molar-refractivity contribution in [3.05, 3.63) is 28.8 Å². The van der Waals surface area contributed by atoms with Gasteiger partial charge in [-0.1, -0.05) is 50.8 Å². The molecular weight excluding hydrogens is 282 g/mol. The van der Waals surface area contributed by atoms with E-state index in [2.05, 4.69) is 31.3 Å². The number of nitrogens with one attached hydrogen (secondary N) is 1. The molecule has 1 fully saturated rings. The topological polar surface area (TPSA) is 21.3 Å². The van der Waals surface area contributed by atoms with Crippen LogP contribution in [0, 0.1) is 5.41 Å². The third-order valence-corrected chi connectivity index (χ3v) is 5.11. The first-order chi connectivity index (χ1) is 10.1. The van der Waals surface area contributed by atoms with Gasteiger partial charge in [-0.25, -0.2) is 0 Å². The highest BCUT2D eigenvalue weighted by atomic mass is 35.5. The van der Waals surface area contributed by atoms with E-state index < -0.39 is 0 Å². The Morgan fingerprint density at radius 1 is 1.29 bits per heavy atom. The number of methoxy groups -OCH3 is 1. The van der Waals surface area contributed by atoms with Gasteiger partial charge in [0.1, 0.15) is 5.75 Å². The maximum Gasteiger partial charge on any atom is 0.137 e. The molecule has 1 N–H and O–H groups in total. The highest BCUT2D eigenvalue weighted by Gasteiger charge is 2.36. The minimum atomic E-state index is 0.326. The van der Waals surface area contributed by atoms with Crippen molar-refractivity contribution in [2.75, 3.05) is 13.7 Å². The van der Waals surface area contributed by atoms with E-state index in [4.69, 9.17) is 16.3 Å². The summed E-state index contributed by atoms with van der Waals surface area (Å²) >= 11 is 6.18. The van der Waals surface area contributed by atoms with E-state index in [9.17, 15) is 0 Å². The van der Waals surface area contributed by atoms with Gasteiger partial charge in [-0.3, -0.25) is 0 Å². The normalized spacial score (nSPS) is 19.2. The van der Waals surface area contributed by atoms with Crippen LogP contribution in [0.1, 0.15) is 64.0 Å². The van der Waals surface area contributed by atoms with Crippen molar-refractivity contribution in [2.45, 2.75) is 58.4 Å². The van der Waals surface area contributed by atoms with Gasteiger partial charge in [0.05, 0.1) is 12.1 Å². The zero-order chi connectivity index (χ0) is 15.3. The van der Waals surface area contributed by atoms with Crippen LogP contribution in [-0.4, -0.2) is 13.7 Å². The van der Waals surface area contributed by atoms with Crippen LogP contribution in [0.15, 0.2) is 18.2 Å². The van der Waals surface area contributed by atoms with Crippen LogP contribution in [0.4, 0.5) is 0 Å². The molecule has 3 heteroatoms. The zero-order valence-electron chi connectivity index (χ0n) is 13.5. The lowest BCUT2D eigenvalue weighted by molar-refractivity contribution is 0.144. The Balaban J connectivity index is 2.30. The molecule has 2 nitrogen and oxygen atoms in total. The van der Waals surface area contributed by atoms with Crippen molar-refractivity contribution < 1.29 is 4.74 Å². The largest absolute Gasteiger partial charge is 0.495 e. The summed E-state index contributed by atoms with van der Waals surface area (Å²) in [4.78, 5) is 0. The number of hydrogen-bond acceptors (Lipinski definition) is 2. The molecule has 0 radical (unpaired) electrons. The van der Waals surface area contributed by atoms with Crippen LogP contribution in [-0.2, 0) is 0 Å². The van der Waals surface area contributed by atoms with Crippen molar-refractivity contribution in [3.63, 3.8) is 0 Å². The standard InChI is InChI=1S/C18H28ClNO/c1-4-12-20-17(18(2)10-6-5-7-11-18)14-8-9-15(19)16(13-14)21-3/h8-9,13,17,20H,4-7,10-12H2,1-3H3. The first-order valence-corrected chi connectivity index (χ1v) is 8.55. The predicted molar refractivity (Wildman–Crippen MR) is 90.2 cm³/mol. The van der Waals surface area contributed by atoms with E-state index in [1.54, 1.807) is 7.11 Å². The summed E-state index contributed by atoms with van der Waals surface area (Å²) in [5, 5.41) is 4.45. The second-order valence-electron chi connectivity index (χ2n) is 6.50. The molecule has 0 bridgehead atoms. The maximum absolute atomic E-state index is 6.18. The maximum atomic E-state index is 6.18. The Kier molecular flexibility index (Phi) is 5.95. The number of hydrogen-bond donors (Lipinski definition) is 1. The number of ether oxygens (including phenoxy) is 1. The van der Waals surface area contributed by atoms with E-state index in [1.807, 2.05) is 6.07 Å². The molecule has 21 heavy (non-hydrogen) atoms. The smallest absolute Gasteiger partial charge is 0.137 e. The van der Waals surface area contributed by atoms with Crippen molar-refractivity contribution in [2.24, 2.45) is 5.41 Å². The van der Waals surface area contributed by atoms with Gasteiger partial charge < -0.3 is 10.1 Å². The first kappa shape index (κ1) is 16.6. The molecule has 1 atom stereocenters. The molecule has 0 heterocycles. The fourth-order valence-corrected chi connectivity index (χ4v) is 3.75. The Hall–Kier alpha value is -0.730. The average molecular weight is 310 g/mol. The van der Waals surface area contributed by atoms with Crippen molar-refractivity contribution in [1.82, 2.24) is 5.32 Å². The van der Waals surface area contributed by atoms with Gasteiger partial charge in [-0.05, 0) is 48.9 Å². The van der Waals surface area contributed by atoms with Crippen molar-refractivity contribution in [1.29, 1.82) is 0 Å². The summed E-state index contributed by atoms with van der Waals surface area (Å²) < 4.78 is 5.40. The van der Waals surface area contributed by atoms with Gasteiger partial charge in [0, 0.05) is 6.04 Å². The van der Waals surface area contributed by atoms with Crippen LogP contribution < -0.4 is 10.1 Å². The van der Waals surface area contributed by atoms with Crippen LogP contribution in [0.2, 0.25) is 5.02 Å². The molecule has 1 aliphatic carbocycles. The van der Waals surface area contributed by atoms with Crippen LogP contribution in [0.25, 0.3) is 0 Å². The van der Waals surface area contributed by atoms with E-state index in [0.717, 1.165) is 18.7 Å². The summed E-state index contributed by atoms with van der Waals surface area (Å²) in [6.45, 7) is 5.70.